The second kappa shape index (κ2) is 6.01. The summed E-state index contributed by atoms with van der Waals surface area (Å²) >= 11 is 0. The zero-order valence-electron chi connectivity index (χ0n) is 10.8. The van der Waals surface area contributed by atoms with Crippen LogP contribution < -0.4 is 10.1 Å². The van der Waals surface area contributed by atoms with Gasteiger partial charge in [0.2, 0.25) is 5.88 Å². The zero-order valence-corrected chi connectivity index (χ0v) is 10.8. The first-order valence-corrected chi connectivity index (χ1v) is 6.54. The highest BCUT2D eigenvalue weighted by Crippen LogP contribution is 2.26. The molecule has 0 aliphatic heterocycles. The lowest BCUT2D eigenvalue weighted by Gasteiger charge is -2.26. The molecule has 0 atom stereocenters. The minimum absolute atomic E-state index is 0.364. The zero-order chi connectivity index (χ0) is 12.1. The number of hydrogen-bond acceptors (Lipinski definition) is 3. The molecule has 3 nitrogen and oxygen atoms in total. The van der Waals surface area contributed by atoms with Gasteiger partial charge in [-0.3, -0.25) is 0 Å². The molecule has 1 heterocycles. The SMILES string of the molecule is CNCc1ccnc(OC2CCC(C)CC2)c1. The molecule has 1 aliphatic rings. The van der Waals surface area contributed by atoms with Crippen molar-refractivity contribution in [1.29, 1.82) is 0 Å². The number of pyridine rings is 1. The van der Waals surface area contributed by atoms with E-state index in [1.165, 1.54) is 31.2 Å². The standard InChI is InChI=1S/C14H22N2O/c1-11-3-5-13(6-4-11)17-14-9-12(10-15-2)7-8-16-14/h7-9,11,13,15H,3-6,10H2,1-2H3. The van der Waals surface area contributed by atoms with E-state index >= 15 is 0 Å². The van der Waals surface area contributed by atoms with Gasteiger partial charge in [0.15, 0.2) is 0 Å². The molecule has 1 saturated carbocycles. The summed E-state index contributed by atoms with van der Waals surface area (Å²) in [6, 6.07) is 4.06. The van der Waals surface area contributed by atoms with Crippen LogP contribution in [-0.2, 0) is 6.54 Å². The minimum atomic E-state index is 0.364. The number of aromatic nitrogens is 1. The van der Waals surface area contributed by atoms with Crippen LogP contribution in [0.2, 0.25) is 0 Å². The van der Waals surface area contributed by atoms with E-state index in [9.17, 15) is 0 Å². The van der Waals surface area contributed by atoms with Crippen LogP contribution in [0, 0.1) is 5.92 Å². The Kier molecular flexibility index (Phi) is 4.37. The second-order valence-electron chi connectivity index (χ2n) is 5.03. The fourth-order valence-electron chi connectivity index (χ4n) is 2.35. The molecule has 1 aromatic rings. The molecular weight excluding hydrogens is 212 g/mol. The van der Waals surface area contributed by atoms with Crippen molar-refractivity contribution in [2.24, 2.45) is 5.92 Å². The molecule has 1 N–H and O–H groups in total. The van der Waals surface area contributed by atoms with E-state index in [2.05, 4.69) is 17.2 Å². The molecule has 0 bridgehead atoms. The third kappa shape index (κ3) is 3.70. The van der Waals surface area contributed by atoms with Crippen molar-refractivity contribution >= 4 is 0 Å². The highest BCUT2D eigenvalue weighted by molar-refractivity contribution is 5.20. The van der Waals surface area contributed by atoms with Gasteiger partial charge in [-0.2, -0.15) is 0 Å². The Balaban J connectivity index is 1.91. The van der Waals surface area contributed by atoms with E-state index in [0.29, 0.717) is 6.10 Å². The first kappa shape index (κ1) is 12.4. The molecule has 0 amide bonds. The lowest BCUT2D eigenvalue weighted by Crippen LogP contribution is -2.23. The largest absolute Gasteiger partial charge is 0.474 e. The Labute approximate surface area is 104 Å². The predicted octanol–water partition coefficient (Wildman–Crippen LogP) is 2.76. The molecule has 94 valence electrons. The van der Waals surface area contributed by atoms with Crippen molar-refractivity contribution in [3.05, 3.63) is 23.9 Å². The Hall–Kier alpha value is -1.09. The maximum Gasteiger partial charge on any atom is 0.213 e. The minimum Gasteiger partial charge on any atom is -0.474 e. The molecule has 1 aliphatic carbocycles. The van der Waals surface area contributed by atoms with Crippen molar-refractivity contribution in [3.8, 4) is 5.88 Å². The Morgan fingerprint density at radius 3 is 2.82 bits per heavy atom. The van der Waals surface area contributed by atoms with E-state index in [0.717, 1.165) is 18.3 Å². The van der Waals surface area contributed by atoms with Crippen molar-refractivity contribution in [2.75, 3.05) is 7.05 Å². The van der Waals surface area contributed by atoms with Crippen LogP contribution in [-0.4, -0.2) is 18.1 Å². The highest BCUT2D eigenvalue weighted by Gasteiger charge is 2.19. The average Bonchev–Trinajstić information content (AvgIpc) is 2.33. The summed E-state index contributed by atoms with van der Waals surface area (Å²) in [4.78, 5) is 4.28. The van der Waals surface area contributed by atoms with Gasteiger partial charge in [0.05, 0.1) is 0 Å². The maximum atomic E-state index is 5.95. The van der Waals surface area contributed by atoms with Gasteiger partial charge in [0.25, 0.3) is 0 Å². The van der Waals surface area contributed by atoms with Gasteiger partial charge in [0, 0.05) is 18.8 Å². The van der Waals surface area contributed by atoms with Crippen LogP contribution >= 0.6 is 0 Å². The molecule has 0 radical (unpaired) electrons. The quantitative estimate of drug-likeness (QED) is 0.870. The predicted molar refractivity (Wildman–Crippen MR) is 69.0 cm³/mol. The van der Waals surface area contributed by atoms with Crippen molar-refractivity contribution in [3.63, 3.8) is 0 Å². The van der Waals surface area contributed by atoms with E-state index in [-0.39, 0.29) is 0 Å². The van der Waals surface area contributed by atoms with Crippen LogP contribution in [0.25, 0.3) is 0 Å². The Bertz CT molecular complexity index is 346. The van der Waals surface area contributed by atoms with E-state index in [1.54, 1.807) is 0 Å². The molecule has 3 heteroatoms. The van der Waals surface area contributed by atoms with Crippen molar-refractivity contribution in [1.82, 2.24) is 10.3 Å². The number of ether oxygens (including phenoxy) is 1. The lowest BCUT2D eigenvalue weighted by atomic mass is 9.89. The third-order valence-corrected chi connectivity index (χ3v) is 3.43. The van der Waals surface area contributed by atoms with Gasteiger partial charge >= 0.3 is 0 Å². The smallest absolute Gasteiger partial charge is 0.213 e. The molecule has 0 saturated heterocycles. The number of nitrogens with zero attached hydrogens (tertiary/aromatic N) is 1. The molecule has 1 aromatic heterocycles. The van der Waals surface area contributed by atoms with Gasteiger partial charge in [0.1, 0.15) is 6.10 Å². The molecule has 0 spiro atoms. The first-order valence-electron chi connectivity index (χ1n) is 6.54. The van der Waals surface area contributed by atoms with Gasteiger partial charge in [-0.15, -0.1) is 0 Å². The van der Waals surface area contributed by atoms with Crippen LogP contribution in [0.1, 0.15) is 38.2 Å². The van der Waals surface area contributed by atoms with Gasteiger partial charge < -0.3 is 10.1 Å². The van der Waals surface area contributed by atoms with E-state index < -0.39 is 0 Å². The monoisotopic (exact) mass is 234 g/mol. The van der Waals surface area contributed by atoms with Crippen LogP contribution in [0.3, 0.4) is 0 Å². The van der Waals surface area contributed by atoms with Crippen LogP contribution in [0.4, 0.5) is 0 Å². The summed E-state index contributed by atoms with van der Waals surface area (Å²) in [6.07, 6.45) is 7.08. The fraction of sp³-hybridized carbons (Fsp3) is 0.643. The normalized spacial score (nSPS) is 24.6. The Morgan fingerprint density at radius 1 is 1.35 bits per heavy atom. The van der Waals surface area contributed by atoms with Crippen molar-refractivity contribution < 1.29 is 4.74 Å². The Morgan fingerprint density at radius 2 is 2.12 bits per heavy atom. The molecular formula is C14H22N2O. The molecule has 17 heavy (non-hydrogen) atoms. The third-order valence-electron chi connectivity index (χ3n) is 3.43. The molecule has 0 unspecified atom stereocenters. The van der Waals surface area contributed by atoms with E-state index in [4.69, 9.17) is 4.74 Å². The number of nitrogens with one attached hydrogen (secondary N) is 1. The summed E-state index contributed by atoms with van der Waals surface area (Å²) in [6.45, 7) is 3.18. The molecule has 1 fully saturated rings. The summed E-state index contributed by atoms with van der Waals surface area (Å²) in [5.41, 5.74) is 1.22. The topological polar surface area (TPSA) is 34.2 Å². The van der Waals surface area contributed by atoms with Crippen LogP contribution in [0.15, 0.2) is 18.3 Å². The van der Waals surface area contributed by atoms with Gasteiger partial charge in [-0.25, -0.2) is 4.98 Å². The lowest BCUT2D eigenvalue weighted by molar-refractivity contribution is 0.130. The second-order valence-corrected chi connectivity index (χ2v) is 5.03. The van der Waals surface area contributed by atoms with Gasteiger partial charge in [-0.05, 0) is 50.3 Å². The van der Waals surface area contributed by atoms with Crippen molar-refractivity contribution in [2.45, 2.75) is 45.3 Å². The molecule has 0 aromatic carbocycles. The average molecular weight is 234 g/mol. The highest BCUT2D eigenvalue weighted by atomic mass is 16.5. The summed E-state index contributed by atoms with van der Waals surface area (Å²) in [5, 5.41) is 3.14. The number of rotatable bonds is 4. The maximum absolute atomic E-state index is 5.95. The van der Waals surface area contributed by atoms with Gasteiger partial charge in [-0.1, -0.05) is 6.92 Å². The fourth-order valence-corrected chi connectivity index (χ4v) is 2.35. The summed E-state index contributed by atoms with van der Waals surface area (Å²) in [5.74, 6) is 1.63. The number of hydrogen-bond donors (Lipinski definition) is 1. The molecule has 2 rings (SSSR count). The van der Waals surface area contributed by atoms with E-state index in [1.807, 2.05) is 25.4 Å². The van der Waals surface area contributed by atoms with Crippen LogP contribution in [0.5, 0.6) is 5.88 Å². The summed E-state index contributed by atoms with van der Waals surface area (Å²) in [7, 11) is 1.95. The summed E-state index contributed by atoms with van der Waals surface area (Å²) < 4.78 is 5.95. The first-order chi connectivity index (χ1) is 8.28.